The quantitative estimate of drug-likeness (QED) is 0.544. The molecule has 0 unspecified atom stereocenters. The van der Waals surface area contributed by atoms with E-state index >= 15 is 0 Å². The van der Waals surface area contributed by atoms with Gasteiger partial charge in [0.05, 0.1) is 17.1 Å². The van der Waals surface area contributed by atoms with Gasteiger partial charge in [-0.1, -0.05) is 30.3 Å². The molecule has 0 atom stereocenters. The third-order valence-electron chi connectivity index (χ3n) is 4.15. The minimum absolute atomic E-state index is 0.0943. The van der Waals surface area contributed by atoms with Gasteiger partial charge in [-0.2, -0.15) is 9.78 Å². The summed E-state index contributed by atoms with van der Waals surface area (Å²) < 4.78 is 7.02. The lowest BCUT2D eigenvalue weighted by Gasteiger charge is -2.10. The molecule has 0 aliphatic rings. The Balaban J connectivity index is 1.74. The summed E-state index contributed by atoms with van der Waals surface area (Å²) in [6.07, 6.45) is 1.54. The largest absolute Gasteiger partial charge is 0.508 e. The highest BCUT2D eigenvalue weighted by atomic mass is 16.5. The SMILES string of the molecule is O=c1c2ccccc2nc(COc2ccccc2)n1/N=C/c1ccc(O)cc1. The van der Waals surface area contributed by atoms with Gasteiger partial charge in [-0.25, -0.2) is 4.98 Å². The van der Waals surface area contributed by atoms with Gasteiger partial charge in [-0.3, -0.25) is 4.79 Å². The summed E-state index contributed by atoms with van der Waals surface area (Å²) in [5, 5.41) is 14.2. The van der Waals surface area contributed by atoms with Crippen molar-refractivity contribution < 1.29 is 9.84 Å². The van der Waals surface area contributed by atoms with Gasteiger partial charge in [0, 0.05) is 0 Å². The van der Waals surface area contributed by atoms with Gasteiger partial charge in [-0.05, 0) is 54.1 Å². The van der Waals surface area contributed by atoms with Crippen LogP contribution in [0.25, 0.3) is 10.9 Å². The lowest BCUT2D eigenvalue weighted by atomic mass is 10.2. The van der Waals surface area contributed by atoms with Gasteiger partial charge >= 0.3 is 0 Å². The van der Waals surface area contributed by atoms with Gasteiger partial charge < -0.3 is 9.84 Å². The van der Waals surface area contributed by atoms with Crippen molar-refractivity contribution in [3.05, 3.63) is 101 Å². The number of phenols is 1. The predicted octanol–water partition coefficient (Wildman–Crippen LogP) is 3.56. The van der Waals surface area contributed by atoms with Gasteiger partial charge in [-0.15, -0.1) is 0 Å². The molecule has 0 fully saturated rings. The Labute approximate surface area is 161 Å². The zero-order valence-corrected chi connectivity index (χ0v) is 14.9. The highest BCUT2D eigenvalue weighted by Crippen LogP contribution is 2.13. The number of benzene rings is 3. The maximum atomic E-state index is 12.9. The molecule has 0 saturated heterocycles. The number of fused-ring (bicyclic) bond motifs is 1. The van der Waals surface area contributed by atoms with Crippen LogP contribution in [-0.2, 0) is 6.61 Å². The zero-order chi connectivity index (χ0) is 19.3. The van der Waals surface area contributed by atoms with Crippen LogP contribution in [0.2, 0.25) is 0 Å². The molecule has 4 rings (SSSR count). The fourth-order valence-corrected chi connectivity index (χ4v) is 2.73. The second kappa shape index (κ2) is 7.75. The Morgan fingerprint density at radius 1 is 0.964 bits per heavy atom. The van der Waals surface area contributed by atoms with Crippen molar-refractivity contribution in [1.82, 2.24) is 9.66 Å². The first-order chi connectivity index (χ1) is 13.7. The zero-order valence-electron chi connectivity index (χ0n) is 14.9. The van der Waals surface area contributed by atoms with Gasteiger partial charge in [0.15, 0.2) is 5.82 Å². The molecule has 1 N–H and O–H groups in total. The number of aromatic nitrogens is 2. The first kappa shape index (κ1) is 17.5. The molecular weight excluding hydrogens is 354 g/mol. The molecule has 0 radical (unpaired) electrons. The van der Waals surface area contributed by atoms with Gasteiger partial charge in [0.25, 0.3) is 5.56 Å². The van der Waals surface area contributed by atoms with Crippen LogP contribution in [0.5, 0.6) is 11.5 Å². The molecule has 6 heteroatoms. The average molecular weight is 371 g/mol. The average Bonchev–Trinajstić information content (AvgIpc) is 2.74. The van der Waals surface area contributed by atoms with Crippen molar-refractivity contribution in [2.45, 2.75) is 6.61 Å². The molecule has 0 aliphatic heterocycles. The number of nitrogens with zero attached hydrogens (tertiary/aromatic N) is 3. The standard InChI is InChI=1S/C22H17N3O3/c26-17-12-10-16(11-13-17)14-23-25-21(15-28-18-6-2-1-3-7-18)24-20-9-5-4-8-19(20)22(25)27/h1-14,26H,15H2/b23-14+. The minimum Gasteiger partial charge on any atom is -0.508 e. The van der Waals surface area contributed by atoms with Gasteiger partial charge in [0.2, 0.25) is 0 Å². The number of para-hydroxylation sites is 2. The van der Waals surface area contributed by atoms with Crippen LogP contribution in [0.1, 0.15) is 11.4 Å². The van der Waals surface area contributed by atoms with Crippen molar-refractivity contribution >= 4 is 17.1 Å². The van der Waals surface area contributed by atoms with E-state index in [1.54, 1.807) is 48.7 Å². The van der Waals surface area contributed by atoms with E-state index in [1.165, 1.54) is 4.68 Å². The molecule has 0 bridgehead atoms. The maximum Gasteiger partial charge on any atom is 0.282 e. The summed E-state index contributed by atoms with van der Waals surface area (Å²) in [5.74, 6) is 1.24. The second-order valence-electron chi connectivity index (χ2n) is 6.10. The van der Waals surface area contributed by atoms with Crippen LogP contribution < -0.4 is 10.3 Å². The molecule has 4 aromatic rings. The molecule has 1 heterocycles. The fourth-order valence-electron chi connectivity index (χ4n) is 2.73. The normalized spacial score (nSPS) is 11.1. The number of ether oxygens (including phenoxy) is 1. The Morgan fingerprint density at radius 3 is 2.46 bits per heavy atom. The van der Waals surface area contributed by atoms with E-state index in [4.69, 9.17) is 4.74 Å². The maximum absolute atomic E-state index is 12.9. The van der Waals surface area contributed by atoms with Crippen LogP contribution in [0.4, 0.5) is 0 Å². The second-order valence-corrected chi connectivity index (χ2v) is 6.10. The highest BCUT2D eigenvalue weighted by Gasteiger charge is 2.11. The first-order valence-corrected chi connectivity index (χ1v) is 8.72. The van der Waals surface area contributed by atoms with Crippen molar-refractivity contribution in [2.75, 3.05) is 0 Å². The molecular formula is C22H17N3O3. The van der Waals surface area contributed by atoms with E-state index in [0.717, 1.165) is 5.56 Å². The number of hydrogen-bond donors (Lipinski definition) is 1. The molecule has 6 nitrogen and oxygen atoms in total. The van der Waals surface area contributed by atoms with Crippen LogP contribution in [-0.4, -0.2) is 21.0 Å². The summed E-state index contributed by atoms with van der Waals surface area (Å²) in [7, 11) is 0. The third kappa shape index (κ3) is 3.76. The van der Waals surface area contributed by atoms with Crippen molar-refractivity contribution in [2.24, 2.45) is 5.10 Å². The van der Waals surface area contributed by atoms with Gasteiger partial charge in [0.1, 0.15) is 18.1 Å². The topological polar surface area (TPSA) is 76.7 Å². The summed E-state index contributed by atoms with van der Waals surface area (Å²) >= 11 is 0. The number of aromatic hydroxyl groups is 1. The van der Waals surface area contributed by atoms with Crippen LogP contribution in [0.3, 0.4) is 0 Å². The smallest absolute Gasteiger partial charge is 0.282 e. The highest BCUT2D eigenvalue weighted by molar-refractivity contribution is 5.80. The van der Waals surface area contributed by atoms with E-state index in [1.807, 2.05) is 36.4 Å². The van der Waals surface area contributed by atoms with Crippen LogP contribution in [0, 0.1) is 0 Å². The Kier molecular flexibility index (Phi) is 4.84. The molecule has 0 spiro atoms. The lowest BCUT2D eigenvalue weighted by molar-refractivity contribution is 0.289. The van der Waals surface area contributed by atoms with Crippen LogP contribution in [0.15, 0.2) is 88.8 Å². The van der Waals surface area contributed by atoms with E-state index in [9.17, 15) is 9.90 Å². The molecule has 3 aromatic carbocycles. The van der Waals surface area contributed by atoms with Crippen molar-refractivity contribution in [3.8, 4) is 11.5 Å². The van der Waals surface area contributed by atoms with Crippen molar-refractivity contribution in [3.63, 3.8) is 0 Å². The number of hydrogen-bond acceptors (Lipinski definition) is 5. The summed E-state index contributed by atoms with van der Waals surface area (Å²) in [5.41, 5.74) is 1.07. The van der Waals surface area contributed by atoms with E-state index < -0.39 is 0 Å². The van der Waals surface area contributed by atoms with Crippen LogP contribution >= 0.6 is 0 Å². The molecule has 0 saturated carbocycles. The lowest BCUT2D eigenvalue weighted by Crippen LogP contribution is -2.23. The molecule has 138 valence electrons. The number of rotatable bonds is 5. The third-order valence-corrected chi connectivity index (χ3v) is 4.15. The Bertz CT molecular complexity index is 1180. The summed E-state index contributed by atoms with van der Waals surface area (Å²) in [6, 6.07) is 23.0. The molecule has 0 aliphatic carbocycles. The van der Waals surface area contributed by atoms with Crippen molar-refractivity contribution in [1.29, 1.82) is 0 Å². The predicted molar refractivity (Wildman–Crippen MR) is 108 cm³/mol. The molecule has 1 aromatic heterocycles. The number of phenolic OH excluding ortho intramolecular Hbond substituents is 1. The molecule has 28 heavy (non-hydrogen) atoms. The van der Waals surface area contributed by atoms with E-state index in [-0.39, 0.29) is 17.9 Å². The minimum atomic E-state index is -0.271. The molecule has 0 amide bonds. The Morgan fingerprint density at radius 2 is 1.68 bits per heavy atom. The Hall–Kier alpha value is -3.93. The van der Waals surface area contributed by atoms with E-state index in [2.05, 4.69) is 10.1 Å². The summed E-state index contributed by atoms with van der Waals surface area (Å²) in [6.45, 7) is 0.0943. The van der Waals surface area contributed by atoms with E-state index in [0.29, 0.717) is 22.5 Å². The summed E-state index contributed by atoms with van der Waals surface area (Å²) in [4.78, 5) is 17.5. The fraction of sp³-hybridized carbons (Fsp3) is 0.0455. The first-order valence-electron chi connectivity index (χ1n) is 8.72. The monoisotopic (exact) mass is 371 g/mol.